The van der Waals surface area contributed by atoms with Crippen LogP contribution in [-0.4, -0.2) is 11.6 Å². The van der Waals surface area contributed by atoms with Crippen molar-refractivity contribution in [1.82, 2.24) is 0 Å². The van der Waals surface area contributed by atoms with Crippen molar-refractivity contribution in [2.45, 2.75) is 6.92 Å². The smallest absolute Gasteiger partial charge is 0.258 e. The molecule has 0 aliphatic heterocycles. The third-order valence-electron chi connectivity index (χ3n) is 1.79. The van der Waals surface area contributed by atoms with Gasteiger partial charge in [-0.3, -0.25) is 14.5 Å². The van der Waals surface area contributed by atoms with Crippen LogP contribution in [-0.2, 0) is 0 Å². The number of benzene rings is 1. The molecule has 0 unspecified atom stereocenters. The minimum Gasteiger partial charge on any atom is -0.258 e. The number of hydrogen-bond donors (Lipinski definition) is 0. The molecule has 0 N–H and O–H groups in total. The number of rotatable bonds is 3. The monoisotopic (exact) mass is 200 g/mol. The quantitative estimate of drug-likeness (QED) is 0.556. The molecular weight excluding hydrogens is 192 g/mol. The van der Waals surface area contributed by atoms with Crippen LogP contribution in [0.25, 0.3) is 0 Å². The molecule has 1 radical (unpaired) electrons. The molecule has 0 atom stereocenters. The first kappa shape index (κ1) is 10.6. The van der Waals surface area contributed by atoms with E-state index in [4.69, 9.17) is 0 Å². The van der Waals surface area contributed by atoms with E-state index in [2.05, 4.69) is 0 Å². The van der Waals surface area contributed by atoms with Crippen LogP contribution in [0, 0.1) is 21.8 Å². The van der Waals surface area contributed by atoms with Crippen molar-refractivity contribution in [3.05, 3.63) is 45.6 Å². The summed E-state index contributed by atoms with van der Waals surface area (Å²) in [6, 6.07) is 3.02. The molecule has 0 fully saturated rings. The summed E-state index contributed by atoms with van der Waals surface area (Å²) in [5.41, 5.74) is -0.146. The highest BCUT2D eigenvalue weighted by molar-refractivity contribution is 5.41. The average Bonchev–Trinajstić information content (AvgIpc) is 2.15. The van der Waals surface area contributed by atoms with Gasteiger partial charge in [0.05, 0.1) is 17.7 Å². The van der Waals surface area contributed by atoms with E-state index >= 15 is 0 Å². The van der Waals surface area contributed by atoms with E-state index in [9.17, 15) is 18.9 Å². The molecule has 0 aromatic heterocycles. The fraction of sp³-hybridized carbons (Fsp3) is 0.222. The maximum atomic E-state index is 12.8. The zero-order valence-corrected chi connectivity index (χ0v) is 7.46. The number of nitro benzene ring substituents is 1. The third kappa shape index (κ3) is 2.25. The van der Waals surface area contributed by atoms with Crippen LogP contribution < -0.4 is 0 Å². The van der Waals surface area contributed by atoms with Crippen molar-refractivity contribution in [3.8, 4) is 0 Å². The van der Waals surface area contributed by atoms with Crippen molar-refractivity contribution in [2.75, 3.05) is 6.67 Å². The summed E-state index contributed by atoms with van der Waals surface area (Å²) in [5.74, 6) is -0.463. The van der Waals surface area contributed by atoms with Crippen molar-refractivity contribution < 1.29 is 13.7 Å². The van der Waals surface area contributed by atoms with Gasteiger partial charge in [0.1, 0.15) is 5.82 Å². The molecular formula is C9H8F2NO2. The number of alkyl halides is 1. The maximum absolute atomic E-state index is 12.8. The van der Waals surface area contributed by atoms with E-state index < -0.39 is 17.4 Å². The van der Waals surface area contributed by atoms with Gasteiger partial charge in [-0.25, -0.2) is 4.39 Å². The second-order valence-electron chi connectivity index (χ2n) is 2.87. The molecule has 0 heterocycles. The van der Waals surface area contributed by atoms with Crippen LogP contribution in [0.5, 0.6) is 0 Å². The summed E-state index contributed by atoms with van der Waals surface area (Å²) in [6.45, 7) is 0.707. The van der Waals surface area contributed by atoms with Gasteiger partial charge in [0, 0.05) is 12.0 Å². The van der Waals surface area contributed by atoms with E-state index in [-0.39, 0.29) is 17.2 Å². The highest BCUT2D eigenvalue weighted by Gasteiger charge is 2.13. The van der Waals surface area contributed by atoms with Gasteiger partial charge in [-0.1, -0.05) is 6.92 Å². The van der Waals surface area contributed by atoms with Crippen molar-refractivity contribution >= 4 is 5.69 Å². The summed E-state index contributed by atoms with van der Waals surface area (Å²) in [5, 5.41) is 10.4. The van der Waals surface area contributed by atoms with Crippen LogP contribution in [0.2, 0.25) is 0 Å². The lowest BCUT2D eigenvalue weighted by molar-refractivity contribution is -0.385. The summed E-state index contributed by atoms with van der Waals surface area (Å²) in [4.78, 5) is 9.64. The lowest BCUT2D eigenvalue weighted by Gasteiger charge is -2.05. The predicted octanol–water partition coefficient (Wildman–Crippen LogP) is 2.65. The lowest BCUT2D eigenvalue weighted by Crippen LogP contribution is -1.99. The molecule has 14 heavy (non-hydrogen) atoms. The molecule has 0 saturated carbocycles. The number of nitro groups is 1. The first-order valence-electron chi connectivity index (χ1n) is 3.88. The van der Waals surface area contributed by atoms with Gasteiger partial charge in [-0.2, -0.15) is 0 Å². The largest absolute Gasteiger partial charge is 0.272 e. The Hall–Kier alpha value is -1.52. The Kier molecular flexibility index (Phi) is 3.11. The van der Waals surface area contributed by atoms with E-state index in [0.717, 1.165) is 18.2 Å². The van der Waals surface area contributed by atoms with Crippen molar-refractivity contribution in [3.63, 3.8) is 0 Å². The molecule has 0 spiro atoms. The third-order valence-corrected chi connectivity index (χ3v) is 1.79. The van der Waals surface area contributed by atoms with Gasteiger partial charge in [0.15, 0.2) is 0 Å². The standard InChI is InChI=1S/C9H8F2NO2/c1-6(5-10)7-2-8(11)4-9(3-7)12(13)14/h2-4H,5H2,1H3. The Morgan fingerprint density at radius 2 is 2.14 bits per heavy atom. The lowest BCUT2D eigenvalue weighted by atomic mass is 10.0. The topological polar surface area (TPSA) is 43.1 Å². The Balaban J connectivity index is 3.13. The summed E-state index contributed by atoms with van der Waals surface area (Å²) >= 11 is 0. The molecule has 1 aromatic rings. The molecule has 3 nitrogen and oxygen atoms in total. The summed E-state index contributed by atoms with van der Waals surface area (Å²) in [6.07, 6.45) is 0. The fourth-order valence-electron chi connectivity index (χ4n) is 1.00. The zero-order valence-electron chi connectivity index (χ0n) is 7.46. The molecule has 0 aliphatic rings. The maximum Gasteiger partial charge on any atom is 0.272 e. The highest BCUT2D eigenvalue weighted by Crippen LogP contribution is 2.22. The second-order valence-corrected chi connectivity index (χ2v) is 2.87. The average molecular weight is 200 g/mol. The number of nitrogens with zero attached hydrogens (tertiary/aromatic N) is 1. The fourth-order valence-corrected chi connectivity index (χ4v) is 1.00. The first-order chi connectivity index (χ1) is 6.54. The van der Waals surface area contributed by atoms with Gasteiger partial charge in [0.25, 0.3) is 5.69 Å². The van der Waals surface area contributed by atoms with Gasteiger partial charge in [0.2, 0.25) is 0 Å². The molecule has 0 bridgehead atoms. The minimum atomic E-state index is -0.749. The molecule has 5 heteroatoms. The zero-order chi connectivity index (χ0) is 10.7. The van der Waals surface area contributed by atoms with E-state index in [1.165, 1.54) is 6.92 Å². The number of halogens is 2. The molecule has 1 aromatic carbocycles. The van der Waals surface area contributed by atoms with Crippen molar-refractivity contribution in [1.29, 1.82) is 0 Å². The van der Waals surface area contributed by atoms with E-state index in [1.807, 2.05) is 0 Å². The van der Waals surface area contributed by atoms with Crippen LogP contribution in [0.3, 0.4) is 0 Å². The van der Waals surface area contributed by atoms with Crippen molar-refractivity contribution in [2.24, 2.45) is 0 Å². The van der Waals surface area contributed by atoms with Crippen LogP contribution in [0.4, 0.5) is 14.5 Å². The second kappa shape index (κ2) is 4.13. The Morgan fingerprint density at radius 3 is 2.64 bits per heavy atom. The SMILES string of the molecule is C[C](CF)c1cc(F)cc([N+](=O)[O-])c1. The van der Waals surface area contributed by atoms with Gasteiger partial charge >= 0.3 is 0 Å². The number of non-ortho nitro benzene ring substituents is 1. The van der Waals surface area contributed by atoms with Crippen LogP contribution in [0.1, 0.15) is 12.5 Å². The van der Waals surface area contributed by atoms with Gasteiger partial charge in [-0.15, -0.1) is 0 Å². The first-order valence-corrected chi connectivity index (χ1v) is 3.88. The van der Waals surface area contributed by atoms with E-state index in [1.54, 1.807) is 0 Å². The summed E-state index contributed by atoms with van der Waals surface area (Å²) < 4.78 is 25.1. The Bertz CT molecular complexity index is 355. The van der Waals surface area contributed by atoms with E-state index in [0.29, 0.717) is 0 Å². The molecule has 0 saturated heterocycles. The molecule has 0 aliphatic carbocycles. The predicted molar refractivity (Wildman–Crippen MR) is 47.0 cm³/mol. The minimum absolute atomic E-state index is 0.221. The normalized spacial score (nSPS) is 10.6. The van der Waals surface area contributed by atoms with Crippen LogP contribution >= 0.6 is 0 Å². The van der Waals surface area contributed by atoms with Gasteiger partial charge < -0.3 is 0 Å². The summed E-state index contributed by atoms with van der Waals surface area (Å²) in [7, 11) is 0. The molecule has 0 amide bonds. The molecule has 1 rings (SSSR count). The number of hydrogen-bond acceptors (Lipinski definition) is 2. The van der Waals surface area contributed by atoms with Crippen LogP contribution in [0.15, 0.2) is 18.2 Å². The Labute approximate surface area is 79.5 Å². The molecule has 75 valence electrons. The highest BCUT2D eigenvalue weighted by atomic mass is 19.1. The Morgan fingerprint density at radius 1 is 1.50 bits per heavy atom. The van der Waals surface area contributed by atoms with Gasteiger partial charge in [-0.05, 0) is 11.6 Å².